The molecule has 124 valence electrons. The Bertz CT molecular complexity index is 842. The normalized spacial score (nSPS) is 14.7. The highest BCUT2D eigenvalue weighted by Gasteiger charge is 2.26. The second kappa shape index (κ2) is 7.15. The van der Waals surface area contributed by atoms with Crippen molar-refractivity contribution in [2.45, 2.75) is 12.8 Å². The summed E-state index contributed by atoms with van der Waals surface area (Å²) >= 11 is 7.74. The minimum absolute atomic E-state index is 0.219. The molecule has 24 heavy (non-hydrogen) atoms. The number of thiophene rings is 1. The highest BCUT2D eigenvalue weighted by atomic mass is 35.5. The van der Waals surface area contributed by atoms with Crippen LogP contribution in [0, 0.1) is 0 Å². The van der Waals surface area contributed by atoms with Crippen molar-refractivity contribution in [3.63, 3.8) is 0 Å². The lowest BCUT2D eigenvalue weighted by atomic mass is 10.2. The molecule has 1 aromatic heterocycles. The van der Waals surface area contributed by atoms with Crippen LogP contribution in [0.4, 0.5) is 0 Å². The largest absolute Gasteiger partial charge is 0.452 e. The number of carbonyl (C=O) groups excluding carboxylic acids is 3. The third-order valence-corrected chi connectivity index (χ3v) is 5.30. The van der Waals surface area contributed by atoms with Gasteiger partial charge >= 0.3 is 5.97 Å². The number of halogens is 1. The average molecular weight is 364 g/mol. The zero-order valence-electron chi connectivity index (χ0n) is 12.7. The first kappa shape index (κ1) is 16.7. The number of ether oxygens (including phenoxy) is 1. The van der Waals surface area contributed by atoms with Crippen LogP contribution in [-0.4, -0.2) is 35.8 Å². The highest BCUT2D eigenvalue weighted by Crippen LogP contribution is 2.35. The number of esters is 1. The first-order valence-corrected chi connectivity index (χ1v) is 8.61. The van der Waals surface area contributed by atoms with E-state index in [-0.39, 0.29) is 5.91 Å². The molecule has 0 spiro atoms. The van der Waals surface area contributed by atoms with Crippen LogP contribution in [0.3, 0.4) is 0 Å². The lowest BCUT2D eigenvalue weighted by Crippen LogP contribution is -2.35. The van der Waals surface area contributed by atoms with Crippen LogP contribution in [0.15, 0.2) is 30.3 Å². The van der Waals surface area contributed by atoms with E-state index in [2.05, 4.69) is 0 Å². The molecular formula is C17H14ClNO4S. The number of nitrogens with zero attached hydrogens (tertiary/aromatic N) is 1. The fraction of sp³-hybridized carbons (Fsp3) is 0.235. The van der Waals surface area contributed by atoms with Gasteiger partial charge in [0, 0.05) is 34.0 Å². The third-order valence-electron chi connectivity index (χ3n) is 3.64. The summed E-state index contributed by atoms with van der Waals surface area (Å²) in [5, 5.41) is 1.51. The predicted octanol–water partition coefficient (Wildman–Crippen LogP) is 3.26. The zero-order valence-corrected chi connectivity index (χ0v) is 14.2. The number of carbonyl (C=O) groups is 3. The predicted molar refractivity (Wildman–Crippen MR) is 92.8 cm³/mol. The second-order valence-corrected chi connectivity index (χ2v) is 6.72. The van der Waals surface area contributed by atoms with Crippen molar-refractivity contribution in [1.29, 1.82) is 0 Å². The first-order valence-electron chi connectivity index (χ1n) is 7.41. The van der Waals surface area contributed by atoms with Gasteiger partial charge < -0.3 is 4.74 Å². The molecule has 0 saturated carbocycles. The van der Waals surface area contributed by atoms with Crippen LogP contribution in [0.1, 0.15) is 17.7 Å². The summed E-state index contributed by atoms with van der Waals surface area (Å²) in [6.45, 7) is -0.0441. The Hall–Kier alpha value is -2.18. The van der Waals surface area contributed by atoms with E-state index in [1.165, 1.54) is 17.4 Å². The molecule has 5 nitrogen and oxygen atoms in total. The summed E-state index contributed by atoms with van der Waals surface area (Å²) in [7, 11) is 0. The van der Waals surface area contributed by atoms with Crippen molar-refractivity contribution in [3.8, 4) is 0 Å². The van der Waals surface area contributed by atoms with Gasteiger partial charge in [-0.25, -0.2) is 4.79 Å². The van der Waals surface area contributed by atoms with E-state index in [1.807, 2.05) is 24.3 Å². The lowest BCUT2D eigenvalue weighted by Gasteiger charge is -2.12. The smallest absolute Gasteiger partial charge is 0.331 e. The van der Waals surface area contributed by atoms with Gasteiger partial charge in [0.15, 0.2) is 6.61 Å². The zero-order chi connectivity index (χ0) is 17.1. The van der Waals surface area contributed by atoms with Crippen LogP contribution >= 0.6 is 22.9 Å². The maximum atomic E-state index is 11.8. The molecule has 2 heterocycles. The number of imide groups is 1. The minimum atomic E-state index is -0.650. The van der Waals surface area contributed by atoms with Gasteiger partial charge in [-0.1, -0.05) is 29.8 Å². The molecule has 2 aromatic rings. The third kappa shape index (κ3) is 3.49. The van der Waals surface area contributed by atoms with E-state index >= 15 is 0 Å². The molecule has 1 aliphatic heterocycles. The number of rotatable bonds is 4. The van der Waals surface area contributed by atoms with Gasteiger partial charge in [0.2, 0.25) is 5.91 Å². The highest BCUT2D eigenvalue weighted by molar-refractivity contribution is 7.20. The van der Waals surface area contributed by atoms with E-state index in [9.17, 15) is 14.4 Å². The molecule has 3 rings (SSSR count). The van der Waals surface area contributed by atoms with Gasteiger partial charge in [0.25, 0.3) is 5.91 Å². The average Bonchev–Trinajstić information content (AvgIpc) is 3.15. The van der Waals surface area contributed by atoms with Gasteiger partial charge in [0.05, 0.1) is 5.02 Å². The summed E-state index contributed by atoms with van der Waals surface area (Å²) in [5.41, 5.74) is 0. The lowest BCUT2D eigenvalue weighted by molar-refractivity contribution is -0.151. The topological polar surface area (TPSA) is 63.7 Å². The second-order valence-electron chi connectivity index (χ2n) is 5.26. The van der Waals surface area contributed by atoms with E-state index in [0.29, 0.717) is 24.4 Å². The van der Waals surface area contributed by atoms with Gasteiger partial charge in [-0.2, -0.15) is 0 Å². The molecule has 1 aromatic carbocycles. The van der Waals surface area contributed by atoms with Crippen LogP contribution in [-0.2, 0) is 19.1 Å². The van der Waals surface area contributed by atoms with Crippen LogP contribution < -0.4 is 0 Å². The van der Waals surface area contributed by atoms with Gasteiger partial charge in [-0.05, 0) is 18.6 Å². The molecule has 1 saturated heterocycles. The Kier molecular flexibility index (Phi) is 4.97. The van der Waals surface area contributed by atoms with Crippen molar-refractivity contribution >= 4 is 56.9 Å². The summed E-state index contributed by atoms with van der Waals surface area (Å²) in [5.74, 6) is -1.36. The quantitative estimate of drug-likeness (QED) is 0.617. The Morgan fingerprint density at radius 2 is 2.12 bits per heavy atom. The number of likely N-dealkylation sites (tertiary alicyclic amines) is 1. The van der Waals surface area contributed by atoms with Crippen molar-refractivity contribution in [1.82, 2.24) is 4.90 Å². The number of hydrogen-bond acceptors (Lipinski definition) is 5. The van der Waals surface area contributed by atoms with Gasteiger partial charge in [-0.15, -0.1) is 11.3 Å². The van der Waals surface area contributed by atoms with Gasteiger partial charge in [-0.3, -0.25) is 14.5 Å². The van der Waals surface area contributed by atoms with Crippen LogP contribution in [0.2, 0.25) is 5.02 Å². The number of fused-ring (bicyclic) bond motifs is 1. The first-order chi connectivity index (χ1) is 11.6. The van der Waals surface area contributed by atoms with Crippen LogP contribution in [0.5, 0.6) is 0 Å². The fourth-order valence-electron chi connectivity index (χ4n) is 2.45. The Balaban J connectivity index is 1.59. The number of benzene rings is 1. The molecule has 0 unspecified atom stereocenters. The molecule has 0 N–H and O–H groups in total. The maximum Gasteiger partial charge on any atom is 0.331 e. The number of hydrogen-bond donors (Lipinski definition) is 0. The Morgan fingerprint density at radius 3 is 2.83 bits per heavy atom. The molecule has 7 heteroatoms. The molecule has 1 aliphatic rings. The number of amides is 2. The summed E-state index contributed by atoms with van der Waals surface area (Å²) in [6.07, 6.45) is 3.82. The molecule has 1 fully saturated rings. The molecular weight excluding hydrogens is 350 g/mol. The summed E-state index contributed by atoms with van der Waals surface area (Å²) < 4.78 is 5.92. The van der Waals surface area contributed by atoms with Crippen molar-refractivity contribution < 1.29 is 19.1 Å². The molecule has 2 amide bonds. The van der Waals surface area contributed by atoms with Crippen molar-refractivity contribution in [3.05, 3.63) is 40.2 Å². The van der Waals surface area contributed by atoms with E-state index < -0.39 is 18.5 Å². The van der Waals surface area contributed by atoms with E-state index in [1.54, 1.807) is 6.08 Å². The molecule has 0 radical (unpaired) electrons. The summed E-state index contributed by atoms with van der Waals surface area (Å²) in [6, 6.07) is 7.68. The minimum Gasteiger partial charge on any atom is -0.452 e. The van der Waals surface area contributed by atoms with E-state index in [4.69, 9.17) is 16.3 Å². The molecule has 0 bridgehead atoms. The standard InChI is InChI=1S/C17H14ClNO4S/c18-17-11-4-1-2-5-12(11)24-13(17)7-8-16(22)23-10-15(21)19-9-3-6-14(19)20/h1-2,4-5,7-8H,3,6,9-10H2/b8-7+. The molecule has 0 atom stereocenters. The van der Waals surface area contributed by atoms with Crippen molar-refractivity contribution in [2.24, 2.45) is 0 Å². The monoisotopic (exact) mass is 363 g/mol. The van der Waals surface area contributed by atoms with Gasteiger partial charge in [0.1, 0.15) is 0 Å². The fourth-order valence-corrected chi connectivity index (χ4v) is 3.85. The maximum absolute atomic E-state index is 11.8. The van der Waals surface area contributed by atoms with E-state index in [0.717, 1.165) is 19.9 Å². The van der Waals surface area contributed by atoms with Crippen LogP contribution in [0.25, 0.3) is 16.2 Å². The summed E-state index contributed by atoms with van der Waals surface area (Å²) in [4.78, 5) is 36.8. The molecule has 0 aliphatic carbocycles. The Morgan fingerprint density at radius 1 is 1.33 bits per heavy atom. The Labute approximate surface area is 147 Å². The van der Waals surface area contributed by atoms with Crippen molar-refractivity contribution in [2.75, 3.05) is 13.2 Å². The SMILES string of the molecule is O=C(/C=C/c1sc2ccccc2c1Cl)OCC(=O)N1CCCC1=O.